The van der Waals surface area contributed by atoms with E-state index in [4.69, 9.17) is 4.98 Å². The van der Waals surface area contributed by atoms with E-state index < -0.39 is 15.8 Å². The first-order valence-electron chi connectivity index (χ1n) is 12.5. The van der Waals surface area contributed by atoms with Gasteiger partial charge in [0.25, 0.3) is 0 Å². The van der Waals surface area contributed by atoms with Gasteiger partial charge in [-0.15, -0.1) is 0 Å². The number of aromatic nitrogens is 1. The Bertz CT molecular complexity index is 1180. The molecule has 3 heteroatoms. The van der Waals surface area contributed by atoms with Gasteiger partial charge in [0.1, 0.15) is 0 Å². The molecule has 5 aromatic rings. The van der Waals surface area contributed by atoms with E-state index in [2.05, 4.69) is 153 Å². The number of benzene rings is 4. The molecule has 0 bridgehead atoms. The lowest BCUT2D eigenvalue weighted by molar-refractivity contribution is 0.921. The Labute approximate surface area is 217 Å². The van der Waals surface area contributed by atoms with E-state index in [1.54, 1.807) is 0 Å². The zero-order valence-corrected chi connectivity index (χ0v) is 22.6. The Hall–Kier alpha value is -3.11. The summed E-state index contributed by atoms with van der Waals surface area (Å²) >= 11 is 0. The first kappa shape index (κ1) is 24.6. The minimum absolute atomic E-state index is 0.302. The van der Waals surface area contributed by atoms with Crippen LogP contribution in [0.4, 0.5) is 0 Å². The van der Waals surface area contributed by atoms with E-state index in [0.717, 1.165) is 0 Å². The SMILES string of the molecule is CC(c1cccc(C(C)P(c2ccccc2)c2ccccc2)n1)P(c1ccccc1)c1ccccc1. The fourth-order valence-electron chi connectivity index (χ4n) is 4.75. The molecule has 0 fully saturated rings. The van der Waals surface area contributed by atoms with Gasteiger partial charge in [-0.05, 0) is 49.2 Å². The molecule has 5 rings (SSSR count). The van der Waals surface area contributed by atoms with Crippen molar-refractivity contribution in [1.82, 2.24) is 4.98 Å². The minimum Gasteiger partial charge on any atom is -0.257 e. The summed E-state index contributed by atoms with van der Waals surface area (Å²) in [6.07, 6.45) is 0. The highest BCUT2D eigenvalue weighted by Gasteiger charge is 2.26. The smallest absolute Gasteiger partial charge is 0.0484 e. The lowest BCUT2D eigenvalue weighted by Gasteiger charge is -2.28. The van der Waals surface area contributed by atoms with Crippen molar-refractivity contribution in [1.29, 1.82) is 0 Å². The molecule has 36 heavy (non-hydrogen) atoms. The number of hydrogen-bond donors (Lipinski definition) is 0. The Morgan fingerprint density at radius 2 is 0.667 bits per heavy atom. The Kier molecular flexibility index (Phi) is 8.02. The van der Waals surface area contributed by atoms with Crippen LogP contribution in [0.15, 0.2) is 140 Å². The summed E-state index contributed by atoms with van der Waals surface area (Å²) < 4.78 is 0. The van der Waals surface area contributed by atoms with Gasteiger partial charge in [0.2, 0.25) is 0 Å². The van der Waals surface area contributed by atoms with Gasteiger partial charge in [0.15, 0.2) is 0 Å². The summed E-state index contributed by atoms with van der Waals surface area (Å²) in [5.41, 5.74) is 2.96. The number of nitrogens with zero attached hydrogens (tertiary/aromatic N) is 1. The van der Waals surface area contributed by atoms with Crippen molar-refractivity contribution in [2.75, 3.05) is 0 Å². The highest BCUT2D eigenvalue weighted by molar-refractivity contribution is 7.73. The van der Waals surface area contributed by atoms with Gasteiger partial charge >= 0.3 is 0 Å². The third-order valence-corrected chi connectivity index (χ3v) is 12.1. The molecule has 0 aliphatic heterocycles. The van der Waals surface area contributed by atoms with Gasteiger partial charge in [-0.2, -0.15) is 0 Å². The van der Waals surface area contributed by atoms with Crippen molar-refractivity contribution in [3.8, 4) is 0 Å². The molecule has 0 aliphatic rings. The van der Waals surface area contributed by atoms with Gasteiger partial charge in [0, 0.05) is 22.7 Å². The number of hydrogen-bond acceptors (Lipinski definition) is 1. The molecule has 1 heterocycles. The van der Waals surface area contributed by atoms with Crippen molar-refractivity contribution >= 4 is 37.1 Å². The molecule has 0 N–H and O–H groups in total. The van der Waals surface area contributed by atoms with Crippen LogP contribution >= 0.6 is 15.8 Å². The zero-order chi connectivity index (χ0) is 24.7. The van der Waals surface area contributed by atoms with Crippen LogP contribution in [0.5, 0.6) is 0 Å². The molecular weight excluding hydrogens is 472 g/mol. The Morgan fingerprint density at radius 3 is 0.944 bits per heavy atom. The molecule has 178 valence electrons. The first-order valence-corrected chi connectivity index (χ1v) is 15.3. The second-order valence-electron chi connectivity index (χ2n) is 8.92. The standard InChI is InChI=1S/C33H31NP2/c1-26(35(28-16-7-3-8-17-28)29-18-9-4-10-19-29)32-24-15-25-33(34-32)27(2)36(30-20-11-5-12-21-30)31-22-13-6-14-23-31/h3-27H,1-2H3. The molecule has 2 unspecified atom stereocenters. The highest BCUT2D eigenvalue weighted by atomic mass is 31.1. The second kappa shape index (κ2) is 11.7. The van der Waals surface area contributed by atoms with E-state index in [9.17, 15) is 0 Å². The molecule has 1 nitrogen and oxygen atoms in total. The molecule has 0 saturated carbocycles. The summed E-state index contributed by atoms with van der Waals surface area (Å²) in [6, 6.07) is 50.4. The predicted octanol–water partition coefficient (Wildman–Crippen LogP) is 7.47. The third-order valence-electron chi connectivity index (χ3n) is 6.56. The Morgan fingerprint density at radius 1 is 0.389 bits per heavy atom. The normalized spacial score (nSPS) is 13.0. The molecule has 0 spiro atoms. The van der Waals surface area contributed by atoms with Crippen molar-refractivity contribution in [2.45, 2.75) is 25.2 Å². The van der Waals surface area contributed by atoms with Crippen molar-refractivity contribution < 1.29 is 0 Å². The average molecular weight is 504 g/mol. The van der Waals surface area contributed by atoms with E-state index in [1.165, 1.54) is 32.6 Å². The van der Waals surface area contributed by atoms with E-state index in [-0.39, 0.29) is 0 Å². The van der Waals surface area contributed by atoms with Crippen LogP contribution in [-0.4, -0.2) is 4.98 Å². The Balaban J connectivity index is 1.53. The first-order chi connectivity index (χ1) is 17.7. The van der Waals surface area contributed by atoms with Crippen LogP contribution < -0.4 is 21.2 Å². The minimum atomic E-state index is -0.580. The molecule has 0 saturated heterocycles. The predicted molar refractivity (Wildman–Crippen MR) is 159 cm³/mol. The topological polar surface area (TPSA) is 12.9 Å². The van der Waals surface area contributed by atoms with Gasteiger partial charge in [0.05, 0.1) is 0 Å². The molecule has 0 aliphatic carbocycles. The van der Waals surface area contributed by atoms with Gasteiger partial charge in [-0.25, -0.2) is 0 Å². The molecular formula is C33H31NP2. The fourth-order valence-corrected chi connectivity index (χ4v) is 9.92. The highest BCUT2D eigenvalue weighted by Crippen LogP contribution is 2.51. The van der Waals surface area contributed by atoms with E-state index in [1.807, 2.05) is 0 Å². The molecule has 0 amide bonds. The van der Waals surface area contributed by atoms with Crippen molar-refractivity contribution in [3.05, 3.63) is 151 Å². The van der Waals surface area contributed by atoms with Crippen LogP contribution in [0.3, 0.4) is 0 Å². The average Bonchev–Trinajstić information content (AvgIpc) is 2.96. The van der Waals surface area contributed by atoms with Gasteiger partial charge in [-0.3, -0.25) is 4.98 Å². The largest absolute Gasteiger partial charge is 0.257 e. The van der Waals surface area contributed by atoms with Crippen LogP contribution in [0.1, 0.15) is 36.6 Å². The second-order valence-corrected chi connectivity index (χ2v) is 14.0. The maximum absolute atomic E-state index is 5.35. The summed E-state index contributed by atoms with van der Waals surface area (Å²) in [7, 11) is -1.16. The van der Waals surface area contributed by atoms with Crippen LogP contribution in [0.25, 0.3) is 0 Å². The summed E-state index contributed by atoms with van der Waals surface area (Å²) in [5, 5.41) is 5.56. The number of pyridine rings is 1. The number of rotatable bonds is 8. The lowest BCUT2D eigenvalue weighted by atomic mass is 10.2. The summed E-state index contributed by atoms with van der Waals surface area (Å²) in [5.74, 6) is 0. The summed E-state index contributed by atoms with van der Waals surface area (Å²) in [6.45, 7) is 4.69. The van der Waals surface area contributed by atoms with Gasteiger partial charge < -0.3 is 0 Å². The maximum Gasteiger partial charge on any atom is 0.0484 e. The van der Waals surface area contributed by atoms with E-state index >= 15 is 0 Å². The monoisotopic (exact) mass is 503 g/mol. The maximum atomic E-state index is 5.35. The molecule has 0 radical (unpaired) electrons. The fraction of sp³-hybridized carbons (Fsp3) is 0.121. The van der Waals surface area contributed by atoms with Gasteiger partial charge in [-0.1, -0.05) is 141 Å². The van der Waals surface area contributed by atoms with Crippen molar-refractivity contribution in [3.63, 3.8) is 0 Å². The molecule has 1 aromatic heterocycles. The zero-order valence-electron chi connectivity index (χ0n) is 20.8. The van der Waals surface area contributed by atoms with Crippen LogP contribution in [0, 0.1) is 0 Å². The van der Waals surface area contributed by atoms with Crippen LogP contribution in [0.2, 0.25) is 0 Å². The van der Waals surface area contributed by atoms with Crippen LogP contribution in [-0.2, 0) is 0 Å². The quantitative estimate of drug-likeness (QED) is 0.200. The molecule has 2 atom stereocenters. The third kappa shape index (κ3) is 5.49. The van der Waals surface area contributed by atoms with Crippen molar-refractivity contribution in [2.24, 2.45) is 0 Å². The summed E-state index contributed by atoms with van der Waals surface area (Å²) in [4.78, 5) is 5.35. The van der Waals surface area contributed by atoms with E-state index in [0.29, 0.717) is 11.3 Å². The lowest BCUT2D eigenvalue weighted by Crippen LogP contribution is -2.18. The molecule has 4 aromatic carbocycles.